The maximum atomic E-state index is 13.3. The van der Waals surface area contributed by atoms with Crippen LogP contribution in [0.1, 0.15) is 77.8 Å². The van der Waals surface area contributed by atoms with E-state index in [1.165, 1.54) is 0 Å². The number of carbonyl (C=O) groups excluding carboxylic acids is 4. The molecule has 13 heteroatoms. The lowest BCUT2D eigenvalue weighted by Gasteiger charge is -2.26. The first-order valence-corrected chi connectivity index (χ1v) is 14.7. The number of hydrogen-bond acceptors (Lipinski definition) is 8. The Hall–Kier alpha value is -3.87. The smallest absolute Gasteiger partial charge is 0.407 e. The van der Waals surface area contributed by atoms with Crippen molar-refractivity contribution in [3.8, 4) is 0 Å². The Morgan fingerprint density at radius 2 is 1.58 bits per heavy atom. The fourth-order valence-electron chi connectivity index (χ4n) is 3.87. The summed E-state index contributed by atoms with van der Waals surface area (Å²) in [6.45, 7) is 11.6. The number of unbranched alkanes of at least 4 members (excludes halogenated alkanes) is 1. The van der Waals surface area contributed by atoms with Crippen LogP contribution in [0, 0.1) is 12.8 Å². The predicted molar refractivity (Wildman–Crippen MR) is 166 cm³/mol. The molecule has 242 valence electrons. The summed E-state index contributed by atoms with van der Waals surface area (Å²) in [7, 11) is 0. The molecular weight excluding hydrogens is 554 g/mol. The van der Waals surface area contributed by atoms with Crippen molar-refractivity contribution in [2.45, 2.75) is 104 Å². The predicted octanol–water partition coefficient (Wildman–Crippen LogP) is 1.74. The minimum atomic E-state index is -0.967. The fourth-order valence-corrected chi connectivity index (χ4v) is 3.87. The number of alkyl carbamates (subject to hydrolysis) is 1. The van der Waals surface area contributed by atoms with Gasteiger partial charge in [0.15, 0.2) is 5.96 Å². The van der Waals surface area contributed by atoms with E-state index in [1.807, 2.05) is 31.2 Å². The number of aliphatic imine (C=N–C) groups is 1. The third-order valence-corrected chi connectivity index (χ3v) is 6.24. The number of guanidine groups is 1. The molecule has 3 atom stereocenters. The zero-order valence-corrected chi connectivity index (χ0v) is 26.4. The zero-order chi connectivity index (χ0) is 32.6. The summed E-state index contributed by atoms with van der Waals surface area (Å²) in [6, 6.07) is 4.80. The van der Waals surface area contributed by atoms with E-state index >= 15 is 0 Å². The highest BCUT2D eigenvalue weighted by Crippen LogP contribution is 2.11. The van der Waals surface area contributed by atoms with Crippen molar-refractivity contribution in [1.29, 1.82) is 0 Å². The summed E-state index contributed by atoms with van der Waals surface area (Å²) in [6.07, 6.45) is 1.58. The van der Waals surface area contributed by atoms with Gasteiger partial charge in [-0.2, -0.15) is 0 Å². The molecule has 0 aliphatic carbocycles. The van der Waals surface area contributed by atoms with Crippen molar-refractivity contribution in [3.63, 3.8) is 0 Å². The van der Waals surface area contributed by atoms with Gasteiger partial charge in [0.25, 0.3) is 0 Å². The van der Waals surface area contributed by atoms with Crippen LogP contribution in [-0.2, 0) is 30.5 Å². The van der Waals surface area contributed by atoms with Gasteiger partial charge in [-0.15, -0.1) is 0 Å². The van der Waals surface area contributed by atoms with Gasteiger partial charge in [0, 0.05) is 13.1 Å². The van der Waals surface area contributed by atoms with Crippen LogP contribution >= 0.6 is 0 Å². The highest BCUT2D eigenvalue weighted by Gasteiger charge is 2.30. The SMILES string of the molecule is Cc1ccc(COC(=O)[C@H](CCCCNC(=O)OC(C)(C)C)NC(=O)[C@@H](NC(=O)[C@@H](N)CCCN=C(N)N)C(C)C)cc1. The van der Waals surface area contributed by atoms with Crippen LogP contribution in [0.2, 0.25) is 0 Å². The monoisotopic (exact) mass is 605 g/mol. The zero-order valence-electron chi connectivity index (χ0n) is 26.4. The number of carbonyl (C=O) groups is 4. The van der Waals surface area contributed by atoms with Crippen LogP contribution in [0.15, 0.2) is 29.3 Å². The van der Waals surface area contributed by atoms with Gasteiger partial charge < -0.3 is 42.6 Å². The van der Waals surface area contributed by atoms with Crippen LogP contribution < -0.4 is 33.2 Å². The third kappa shape index (κ3) is 16.4. The largest absolute Gasteiger partial charge is 0.459 e. The molecule has 1 aromatic rings. The summed E-state index contributed by atoms with van der Waals surface area (Å²) < 4.78 is 10.8. The van der Waals surface area contributed by atoms with E-state index < -0.39 is 47.6 Å². The average Bonchev–Trinajstić information content (AvgIpc) is 2.91. The second-order valence-electron chi connectivity index (χ2n) is 11.9. The quantitative estimate of drug-likeness (QED) is 0.0659. The Kier molecular flexibility index (Phi) is 16.1. The number of ether oxygens (including phenoxy) is 2. The minimum absolute atomic E-state index is 0.0409. The molecule has 0 unspecified atom stereocenters. The van der Waals surface area contributed by atoms with Crippen molar-refractivity contribution in [2.24, 2.45) is 28.1 Å². The Balaban J connectivity index is 2.83. The van der Waals surface area contributed by atoms with E-state index in [4.69, 9.17) is 26.7 Å². The van der Waals surface area contributed by atoms with Gasteiger partial charge in [0.1, 0.15) is 24.3 Å². The molecule has 13 nitrogen and oxygen atoms in total. The summed E-state index contributed by atoms with van der Waals surface area (Å²) in [4.78, 5) is 54.9. The normalized spacial score (nSPS) is 13.3. The molecule has 1 rings (SSSR count). The first-order valence-electron chi connectivity index (χ1n) is 14.7. The number of rotatable bonds is 17. The molecule has 0 spiro atoms. The third-order valence-electron chi connectivity index (χ3n) is 6.24. The molecule has 0 radical (unpaired) electrons. The second-order valence-corrected chi connectivity index (χ2v) is 11.9. The van der Waals surface area contributed by atoms with Crippen LogP contribution in [0.4, 0.5) is 4.79 Å². The molecule has 0 saturated heterocycles. The molecule has 43 heavy (non-hydrogen) atoms. The summed E-state index contributed by atoms with van der Waals surface area (Å²) in [5.41, 5.74) is 17.9. The fraction of sp³-hybridized carbons (Fsp3) is 0.633. The van der Waals surface area contributed by atoms with Crippen LogP contribution in [-0.4, -0.2) is 66.7 Å². The number of esters is 1. The Labute approximate surface area is 255 Å². The van der Waals surface area contributed by atoms with E-state index in [-0.39, 0.29) is 24.9 Å². The maximum absolute atomic E-state index is 13.3. The number of hydrogen-bond donors (Lipinski definition) is 6. The van der Waals surface area contributed by atoms with E-state index in [2.05, 4.69) is 20.9 Å². The molecule has 9 N–H and O–H groups in total. The van der Waals surface area contributed by atoms with Gasteiger partial charge in [-0.1, -0.05) is 43.7 Å². The first kappa shape index (κ1) is 37.2. The highest BCUT2D eigenvalue weighted by atomic mass is 16.6. The Morgan fingerprint density at radius 1 is 0.930 bits per heavy atom. The molecule has 0 fully saturated rings. The minimum Gasteiger partial charge on any atom is -0.459 e. The highest BCUT2D eigenvalue weighted by molar-refractivity contribution is 5.92. The van der Waals surface area contributed by atoms with Crippen molar-refractivity contribution in [1.82, 2.24) is 16.0 Å². The summed E-state index contributed by atoms with van der Waals surface area (Å²) in [5.74, 6) is -1.95. The van der Waals surface area contributed by atoms with E-state index in [9.17, 15) is 19.2 Å². The molecule has 0 heterocycles. The number of nitrogens with zero attached hydrogens (tertiary/aromatic N) is 1. The summed E-state index contributed by atoms with van der Waals surface area (Å²) in [5, 5.41) is 8.14. The number of aryl methyl sites for hydroxylation is 1. The lowest BCUT2D eigenvalue weighted by Crippen LogP contribution is -2.56. The molecule has 0 saturated carbocycles. The van der Waals surface area contributed by atoms with E-state index in [0.29, 0.717) is 38.8 Å². The van der Waals surface area contributed by atoms with Gasteiger partial charge in [-0.3, -0.25) is 14.6 Å². The van der Waals surface area contributed by atoms with Crippen LogP contribution in [0.25, 0.3) is 0 Å². The molecule has 3 amide bonds. The number of nitrogens with one attached hydrogen (secondary N) is 3. The Morgan fingerprint density at radius 3 is 2.16 bits per heavy atom. The standard InChI is InChI=1S/C30H51N7O6/c1-19(2)24(37-25(38)22(31)10-9-17-34-28(32)33)26(39)36-23(11-7-8-16-35-29(41)43-30(4,5)6)27(40)42-18-21-14-12-20(3)13-15-21/h12-15,19,22-24H,7-11,16-18,31H2,1-6H3,(H,35,41)(H,36,39)(H,37,38)(H4,32,33,34)/t22-,23-,24-/m0/s1. The Bertz CT molecular complexity index is 1070. The van der Waals surface area contributed by atoms with Crippen molar-refractivity contribution < 1.29 is 28.7 Å². The average molecular weight is 606 g/mol. The van der Waals surface area contributed by atoms with Gasteiger partial charge in [0.05, 0.1) is 6.04 Å². The molecule has 1 aromatic carbocycles. The van der Waals surface area contributed by atoms with Crippen molar-refractivity contribution >= 4 is 29.8 Å². The van der Waals surface area contributed by atoms with Gasteiger partial charge in [0.2, 0.25) is 11.8 Å². The molecule has 0 aliphatic rings. The molecule has 0 aromatic heterocycles. The van der Waals surface area contributed by atoms with Crippen LogP contribution in [0.5, 0.6) is 0 Å². The van der Waals surface area contributed by atoms with Crippen molar-refractivity contribution in [2.75, 3.05) is 13.1 Å². The number of amides is 3. The molecule has 0 aliphatic heterocycles. The number of benzene rings is 1. The first-order chi connectivity index (χ1) is 20.1. The van der Waals surface area contributed by atoms with Gasteiger partial charge >= 0.3 is 12.1 Å². The second kappa shape index (κ2) is 18.6. The topological polar surface area (TPSA) is 213 Å². The molecule has 0 bridgehead atoms. The van der Waals surface area contributed by atoms with Crippen molar-refractivity contribution in [3.05, 3.63) is 35.4 Å². The van der Waals surface area contributed by atoms with Gasteiger partial charge in [-0.05, 0) is 71.3 Å². The number of nitrogens with two attached hydrogens (primary N) is 3. The van der Waals surface area contributed by atoms with Crippen LogP contribution in [0.3, 0.4) is 0 Å². The lowest BCUT2D eigenvalue weighted by atomic mass is 10.0. The van der Waals surface area contributed by atoms with E-state index in [0.717, 1.165) is 11.1 Å². The summed E-state index contributed by atoms with van der Waals surface area (Å²) >= 11 is 0. The lowest BCUT2D eigenvalue weighted by molar-refractivity contribution is -0.149. The van der Waals surface area contributed by atoms with Gasteiger partial charge in [-0.25, -0.2) is 9.59 Å². The molecular formula is C30H51N7O6. The van der Waals surface area contributed by atoms with E-state index in [1.54, 1.807) is 34.6 Å². The maximum Gasteiger partial charge on any atom is 0.407 e.